The summed E-state index contributed by atoms with van der Waals surface area (Å²) in [5, 5.41) is 0. The fourth-order valence-electron chi connectivity index (χ4n) is 4.35. The second-order valence-corrected chi connectivity index (χ2v) is 8.85. The lowest BCUT2D eigenvalue weighted by molar-refractivity contribution is 0.488. The quantitative estimate of drug-likeness (QED) is 0.619. The van der Waals surface area contributed by atoms with Crippen LogP contribution in [0.3, 0.4) is 0 Å². The van der Waals surface area contributed by atoms with Crippen LogP contribution >= 0.6 is 7.92 Å². The van der Waals surface area contributed by atoms with E-state index in [2.05, 4.69) is 62.1 Å². The zero-order chi connectivity index (χ0) is 13.7. The molecule has 0 N–H and O–H groups in total. The van der Waals surface area contributed by atoms with E-state index in [1.165, 1.54) is 12.6 Å². The first kappa shape index (κ1) is 12.6. The maximum absolute atomic E-state index is 2.51. The monoisotopic (exact) mass is 280 g/mol. The lowest BCUT2D eigenvalue weighted by Gasteiger charge is -2.29. The molecule has 0 radical (unpaired) electrons. The number of hydrogen-bond acceptors (Lipinski definition) is 0. The van der Waals surface area contributed by atoms with Crippen molar-refractivity contribution in [2.45, 2.75) is 31.1 Å². The third-order valence-electron chi connectivity index (χ3n) is 5.18. The molecule has 2 aromatic rings. The van der Waals surface area contributed by atoms with Gasteiger partial charge >= 0.3 is 0 Å². The molecule has 2 aromatic carbocycles. The summed E-state index contributed by atoms with van der Waals surface area (Å²) in [6.07, 6.45) is 2.59. The average molecular weight is 280 g/mol. The minimum atomic E-state index is 0.0826. The van der Waals surface area contributed by atoms with E-state index in [0.717, 1.165) is 17.5 Å². The number of hydrogen-bond donors (Lipinski definition) is 0. The molecule has 4 atom stereocenters. The van der Waals surface area contributed by atoms with Crippen molar-refractivity contribution in [3.8, 4) is 0 Å². The van der Waals surface area contributed by atoms with Gasteiger partial charge in [0.15, 0.2) is 0 Å². The van der Waals surface area contributed by atoms with Crippen LogP contribution in [0.1, 0.15) is 40.8 Å². The third-order valence-corrected chi connectivity index (χ3v) is 7.57. The summed E-state index contributed by atoms with van der Waals surface area (Å²) in [4.78, 5) is 0. The largest absolute Gasteiger partial charge is 0.0971 e. The zero-order valence-electron chi connectivity index (χ0n) is 12.2. The highest BCUT2D eigenvalue weighted by Gasteiger charge is 2.41. The summed E-state index contributed by atoms with van der Waals surface area (Å²) in [6.45, 7) is 4.96. The summed E-state index contributed by atoms with van der Waals surface area (Å²) in [5.74, 6) is 1.53. The molecule has 0 aromatic heterocycles. The van der Waals surface area contributed by atoms with Crippen molar-refractivity contribution in [1.29, 1.82) is 0 Å². The predicted molar refractivity (Wildman–Crippen MR) is 87.8 cm³/mol. The molecular formula is C19H21P. The normalized spacial score (nSPS) is 31.1. The molecule has 1 heterocycles. The van der Waals surface area contributed by atoms with Crippen LogP contribution in [0.25, 0.3) is 0 Å². The van der Waals surface area contributed by atoms with E-state index in [4.69, 9.17) is 0 Å². The van der Waals surface area contributed by atoms with Gasteiger partial charge in [0, 0.05) is 5.66 Å². The smallest absolute Gasteiger partial charge is 0.0117 e. The van der Waals surface area contributed by atoms with Gasteiger partial charge in [-0.25, -0.2) is 0 Å². The van der Waals surface area contributed by atoms with Crippen LogP contribution < -0.4 is 0 Å². The van der Waals surface area contributed by atoms with Gasteiger partial charge in [-0.05, 0) is 53.3 Å². The van der Waals surface area contributed by atoms with Crippen LogP contribution in [0.2, 0.25) is 0 Å². The summed E-state index contributed by atoms with van der Waals surface area (Å²) < 4.78 is 0. The van der Waals surface area contributed by atoms with Crippen LogP contribution in [0, 0.1) is 5.92 Å². The van der Waals surface area contributed by atoms with Gasteiger partial charge < -0.3 is 0 Å². The summed E-state index contributed by atoms with van der Waals surface area (Å²) in [6, 6.07) is 18.3. The van der Waals surface area contributed by atoms with E-state index in [1.807, 2.05) is 0 Å². The molecule has 0 unspecified atom stereocenters. The predicted octanol–water partition coefficient (Wildman–Crippen LogP) is 5.33. The first-order valence-electron chi connectivity index (χ1n) is 7.61. The van der Waals surface area contributed by atoms with Gasteiger partial charge in [-0.15, -0.1) is 0 Å². The van der Waals surface area contributed by atoms with Gasteiger partial charge in [0.05, 0.1) is 0 Å². The van der Waals surface area contributed by atoms with Crippen molar-refractivity contribution in [3.63, 3.8) is 0 Å². The fourth-order valence-corrected chi connectivity index (χ4v) is 7.10. The van der Waals surface area contributed by atoms with Gasteiger partial charge in [-0.2, -0.15) is 0 Å². The van der Waals surface area contributed by atoms with Crippen molar-refractivity contribution >= 4 is 7.92 Å². The van der Waals surface area contributed by atoms with Crippen LogP contribution in [0.5, 0.6) is 0 Å². The van der Waals surface area contributed by atoms with Crippen molar-refractivity contribution in [2.75, 3.05) is 6.66 Å². The Bertz CT molecular complexity index is 588. The molecule has 1 heteroatoms. The highest BCUT2D eigenvalue weighted by Crippen LogP contribution is 2.66. The molecular weight excluding hydrogens is 259 g/mol. The molecule has 0 saturated carbocycles. The Morgan fingerprint density at radius 3 is 2.35 bits per heavy atom. The van der Waals surface area contributed by atoms with Gasteiger partial charge in [0.2, 0.25) is 0 Å². The van der Waals surface area contributed by atoms with Crippen LogP contribution in [0.15, 0.2) is 48.5 Å². The first-order chi connectivity index (χ1) is 9.75. The Balaban J connectivity index is 1.82. The van der Waals surface area contributed by atoms with Gasteiger partial charge in [-0.1, -0.05) is 63.4 Å². The molecule has 0 saturated heterocycles. The second kappa shape index (κ2) is 4.71. The van der Waals surface area contributed by atoms with Crippen LogP contribution in [-0.2, 0) is 12.6 Å². The fraction of sp³-hybridized carbons (Fsp3) is 0.368. The molecule has 102 valence electrons. The van der Waals surface area contributed by atoms with E-state index in [9.17, 15) is 0 Å². The Morgan fingerprint density at radius 1 is 0.900 bits per heavy atom. The number of benzene rings is 2. The Morgan fingerprint density at radius 2 is 1.55 bits per heavy atom. The Labute approximate surface area is 123 Å². The van der Waals surface area contributed by atoms with E-state index in [1.54, 1.807) is 22.3 Å². The highest BCUT2D eigenvalue weighted by atomic mass is 31.1. The summed E-state index contributed by atoms with van der Waals surface area (Å²) in [7, 11) is 0.0826. The molecule has 0 bridgehead atoms. The summed E-state index contributed by atoms with van der Waals surface area (Å²) in [5.41, 5.74) is 7.27. The molecule has 0 fully saturated rings. The maximum atomic E-state index is 2.51. The van der Waals surface area contributed by atoms with E-state index in [0.29, 0.717) is 0 Å². The second-order valence-electron chi connectivity index (χ2n) is 6.46. The standard InChI is InChI=1S/C19H21P/c1-13-11-14-7-3-5-9-16(14)18(13)19-17-10-6-4-8-15(17)12-20(19)2/h3-10,13,18-19H,11-12H2,1-2H3/t13-,18+,19+,20+/m0/s1. The lowest BCUT2D eigenvalue weighted by Crippen LogP contribution is -2.11. The van der Waals surface area contributed by atoms with Crippen LogP contribution in [-0.4, -0.2) is 6.66 Å². The first-order valence-corrected chi connectivity index (χ1v) is 9.66. The molecule has 1 aliphatic heterocycles. The topological polar surface area (TPSA) is 0 Å². The van der Waals surface area contributed by atoms with Gasteiger partial charge in [0.1, 0.15) is 0 Å². The van der Waals surface area contributed by atoms with Crippen molar-refractivity contribution in [1.82, 2.24) is 0 Å². The molecule has 20 heavy (non-hydrogen) atoms. The average Bonchev–Trinajstić information content (AvgIpc) is 2.94. The SMILES string of the molecule is C[C@H]1Cc2ccccc2[C@@H]1[C@H]1c2ccccc2C[P@@]1C. The molecule has 0 nitrogen and oxygen atoms in total. The number of rotatable bonds is 1. The van der Waals surface area contributed by atoms with Crippen molar-refractivity contribution < 1.29 is 0 Å². The highest BCUT2D eigenvalue weighted by molar-refractivity contribution is 7.56. The van der Waals surface area contributed by atoms with E-state index >= 15 is 0 Å². The maximum Gasteiger partial charge on any atom is 0.0117 e. The van der Waals surface area contributed by atoms with Crippen LogP contribution in [0.4, 0.5) is 0 Å². The lowest BCUT2D eigenvalue weighted by atomic mass is 9.86. The Hall–Kier alpha value is -1.13. The van der Waals surface area contributed by atoms with Crippen molar-refractivity contribution in [2.24, 2.45) is 5.92 Å². The minimum Gasteiger partial charge on any atom is -0.0971 e. The molecule has 4 rings (SSSR count). The molecule has 0 spiro atoms. The summed E-state index contributed by atoms with van der Waals surface area (Å²) >= 11 is 0. The minimum absolute atomic E-state index is 0.0826. The molecule has 0 amide bonds. The van der Waals surface area contributed by atoms with E-state index < -0.39 is 0 Å². The zero-order valence-corrected chi connectivity index (χ0v) is 13.1. The molecule has 2 aliphatic rings. The Kier molecular flexibility index (Phi) is 2.97. The van der Waals surface area contributed by atoms with E-state index in [-0.39, 0.29) is 7.92 Å². The van der Waals surface area contributed by atoms with Crippen molar-refractivity contribution in [3.05, 3.63) is 70.8 Å². The van der Waals surface area contributed by atoms with Gasteiger partial charge in [0.25, 0.3) is 0 Å². The molecule has 1 aliphatic carbocycles. The number of fused-ring (bicyclic) bond motifs is 2. The third kappa shape index (κ3) is 1.78. The van der Waals surface area contributed by atoms with Gasteiger partial charge in [-0.3, -0.25) is 0 Å².